The standard InChI is InChI=1S/C17H24N2O3S.ClH/c1-22-17(21)11-23-10-12-4-2-6-14(8-12)19-16(20)9-13-5-3-7-15(13)18;/h2,4,6,8,13,15H,3,5,7,9-11,18H2,1H3,(H,19,20);1H/t13-,15+;/m0./s1. The maximum absolute atomic E-state index is 12.1. The van der Waals surface area contributed by atoms with Gasteiger partial charge in [-0.15, -0.1) is 24.2 Å². The highest BCUT2D eigenvalue weighted by molar-refractivity contribution is 7.99. The van der Waals surface area contributed by atoms with Crippen molar-refractivity contribution in [1.82, 2.24) is 0 Å². The number of methoxy groups -OCH3 is 1. The van der Waals surface area contributed by atoms with Crippen molar-refractivity contribution in [3.05, 3.63) is 29.8 Å². The van der Waals surface area contributed by atoms with Crippen LogP contribution in [0.1, 0.15) is 31.2 Å². The highest BCUT2D eigenvalue weighted by Crippen LogP contribution is 2.27. The summed E-state index contributed by atoms with van der Waals surface area (Å²) in [4.78, 5) is 23.2. The molecule has 1 fully saturated rings. The largest absolute Gasteiger partial charge is 0.468 e. The Morgan fingerprint density at radius 1 is 1.38 bits per heavy atom. The van der Waals surface area contributed by atoms with Gasteiger partial charge in [-0.25, -0.2) is 0 Å². The number of esters is 1. The van der Waals surface area contributed by atoms with E-state index in [1.807, 2.05) is 24.3 Å². The van der Waals surface area contributed by atoms with Crippen molar-refractivity contribution in [2.45, 2.75) is 37.5 Å². The molecule has 0 unspecified atom stereocenters. The molecule has 2 rings (SSSR count). The number of carbonyl (C=O) groups excluding carboxylic acids is 2. The van der Waals surface area contributed by atoms with Gasteiger partial charge in [-0.05, 0) is 36.5 Å². The number of nitrogens with two attached hydrogens (primary N) is 1. The summed E-state index contributed by atoms with van der Waals surface area (Å²) in [5, 5.41) is 2.94. The molecule has 5 nitrogen and oxygen atoms in total. The molecule has 0 aliphatic heterocycles. The third-order valence-corrected chi connectivity index (χ3v) is 5.07. The highest BCUT2D eigenvalue weighted by Gasteiger charge is 2.25. The van der Waals surface area contributed by atoms with Crippen molar-refractivity contribution in [2.75, 3.05) is 18.2 Å². The minimum Gasteiger partial charge on any atom is -0.468 e. The van der Waals surface area contributed by atoms with Gasteiger partial charge < -0.3 is 15.8 Å². The predicted octanol–water partition coefficient (Wildman–Crippen LogP) is 2.97. The summed E-state index contributed by atoms with van der Waals surface area (Å²) in [5.74, 6) is 1.12. The number of benzene rings is 1. The van der Waals surface area contributed by atoms with Crippen LogP contribution in [0, 0.1) is 5.92 Å². The van der Waals surface area contributed by atoms with Gasteiger partial charge >= 0.3 is 5.97 Å². The van der Waals surface area contributed by atoms with Crippen molar-refractivity contribution in [1.29, 1.82) is 0 Å². The summed E-state index contributed by atoms with van der Waals surface area (Å²) in [5.41, 5.74) is 7.87. The van der Waals surface area contributed by atoms with Crippen molar-refractivity contribution in [2.24, 2.45) is 11.7 Å². The van der Waals surface area contributed by atoms with E-state index < -0.39 is 0 Å². The average molecular weight is 373 g/mol. The number of hydrogen-bond donors (Lipinski definition) is 2. The van der Waals surface area contributed by atoms with Gasteiger partial charge in [-0.2, -0.15) is 0 Å². The van der Waals surface area contributed by atoms with Gasteiger partial charge in [0.15, 0.2) is 0 Å². The molecule has 0 bridgehead atoms. The zero-order chi connectivity index (χ0) is 16.7. The van der Waals surface area contributed by atoms with Gasteiger partial charge in [0.2, 0.25) is 5.91 Å². The predicted molar refractivity (Wildman–Crippen MR) is 100 cm³/mol. The number of amides is 1. The van der Waals surface area contributed by atoms with Crippen LogP contribution in [0.2, 0.25) is 0 Å². The van der Waals surface area contributed by atoms with Crippen LogP contribution in [0.15, 0.2) is 24.3 Å². The first kappa shape index (κ1) is 20.8. The van der Waals surface area contributed by atoms with Crippen LogP contribution in [0.3, 0.4) is 0 Å². The van der Waals surface area contributed by atoms with E-state index in [2.05, 4.69) is 10.1 Å². The second-order valence-electron chi connectivity index (χ2n) is 5.88. The lowest BCUT2D eigenvalue weighted by Gasteiger charge is -2.15. The Morgan fingerprint density at radius 3 is 2.83 bits per heavy atom. The molecule has 1 aliphatic carbocycles. The number of ether oxygens (including phenoxy) is 1. The summed E-state index contributed by atoms with van der Waals surface area (Å²) in [6.45, 7) is 0. The minimum atomic E-state index is -0.229. The second kappa shape index (κ2) is 10.6. The Morgan fingerprint density at radius 2 is 2.17 bits per heavy atom. The normalized spacial score (nSPS) is 19.4. The number of nitrogens with one attached hydrogen (secondary N) is 1. The zero-order valence-corrected chi connectivity index (χ0v) is 15.5. The Kier molecular flexibility index (Phi) is 9.18. The second-order valence-corrected chi connectivity index (χ2v) is 6.86. The van der Waals surface area contributed by atoms with Gasteiger partial charge in [-0.1, -0.05) is 18.6 Å². The number of anilines is 1. The third-order valence-electron chi connectivity index (χ3n) is 4.09. The topological polar surface area (TPSA) is 81.4 Å². The molecule has 1 saturated carbocycles. The van der Waals surface area contributed by atoms with Crippen molar-refractivity contribution < 1.29 is 14.3 Å². The monoisotopic (exact) mass is 372 g/mol. The van der Waals surface area contributed by atoms with Crippen LogP contribution in [0.5, 0.6) is 0 Å². The van der Waals surface area contributed by atoms with Gasteiger partial charge in [0, 0.05) is 23.9 Å². The first-order valence-corrected chi connectivity index (χ1v) is 9.03. The molecular weight excluding hydrogens is 348 g/mol. The third kappa shape index (κ3) is 6.71. The van der Waals surface area contributed by atoms with Gasteiger partial charge in [0.25, 0.3) is 0 Å². The van der Waals surface area contributed by atoms with E-state index in [-0.39, 0.29) is 30.3 Å². The zero-order valence-electron chi connectivity index (χ0n) is 13.8. The summed E-state index contributed by atoms with van der Waals surface area (Å²) < 4.78 is 4.61. The summed E-state index contributed by atoms with van der Waals surface area (Å²) >= 11 is 1.49. The molecule has 0 spiro atoms. The maximum atomic E-state index is 12.1. The van der Waals surface area contributed by atoms with Gasteiger partial charge in [0.05, 0.1) is 12.9 Å². The lowest BCUT2D eigenvalue weighted by molar-refractivity contribution is -0.137. The average Bonchev–Trinajstić information content (AvgIpc) is 2.92. The van der Waals surface area contributed by atoms with Gasteiger partial charge in [0.1, 0.15) is 0 Å². The Labute approximate surface area is 153 Å². The van der Waals surface area contributed by atoms with E-state index in [0.717, 1.165) is 30.5 Å². The van der Waals surface area contributed by atoms with E-state index in [1.54, 1.807) is 0 Å². The molecule has 0 radical (unpaired) electrons. The van der Waals surface area contributed by atoms with Crippen molar-refractivity contribution in [3.63, 3.8) is 0 Å². The first-order valence-electron chi connectivity index (χ1n) is 7.87. The number of rotatable bonds is 7. The molecule has 1 aromatic rings. The lowest BCUT2D eigenvalue weighted by Crippen LogP contribution is -2.28. The molecule has 1 amide bonds. The number of hydrogen-bond acceptors (Lipinski definition) is 5. The molecule has 1 aromatic carbocycles. The van der Waals surface area contributed by atoms with E-state index in [0.29, 0.717) is 23.8 Å². The minimum absolute atomic E-state index is 0. The number of carbonyl (C=O) groups is 2. The molecule has 0 aromatic heterocycles. The maximum Gasteiger partial charge on any atom is 0.315 e. The van der Waals surface area contributed by atoms with Crippen LogP contribution >= 0.6 is 24.2 Å². The summed E-state index contributed by atoms with van der Waals surface area (Å²) in [6.07, 6.45) is 3.66. The first-order chi connectivity index (χ1) is 11.1. The SMILES string of the molecule is COC(=O)CSCc1cccc(NC(=O)C[C@@H]2CCC[C@H]2N)c1.Cl. The van der Waals surface area contributed by atoms with E-state index in [1.165, 1.54) is 18.9 Å². The quantitative estimate of drug-likeness (QED) is 0.719. The van der Waals surface area contributed by atoms with E-state index in [4.69, 9.17) is 5.73 Å². The Hall–Kier alpha value is -1.24. The summed E-state index contributed by atoms with van der Waals surface area (Å²) in [7, 11) is 1.38. The highest BCUT2D eigenvalue weighted by atomic mass is 35.5. The molecule has 7 heteroatoms. The Bertz CT molecular complexity index is 556. The molecule has 24 heavy (non-hydrogen) atoms. The molecule has 2 atom stereocenters. The number of halogens is 1. The van der Waals surface area contributed by atoms with Crippen LogP contribution < -0.4 is 11.1 Å². The fourth-order valence-corrected chi connectivity index (χ4v) is 3.62. The van der Waals surface area contributed by atoms with Gasteiger partial charge in [-0.3, -0.25) is 9.59 Å². The number of thioether (sulfide) groups is 1. The van der Waals surface area contributed by atoms with Crippen molar-refractivity contribution in [3.8, 4) is 0 Å². The summed E-state index contributed by atoms with van der Waals surface area (Å²) in [6, 6.07) is 7.86. The fourth-order valence-electron chi connectivity index (χ4n) is 2.82. The molecule has 0 heterocycles. The van der Waals surface area contributed by atoms with Crippen LogP contribution in [0.4, 0.5) is 5.69 Å². The molecule has 1 aliphatic rings. The Balaban J connectivity index is 0.00000288. The van der Waals surface area contributed by atoms with Crippen LogP contribution in [-0.2, 0) is 20.1 Å². The van der Waals surface area contributed by atoms with Crippen LogP contribution in [0.25, 0.3) is 0 Å². The molecule has 0 saturated heterocycles. The van der Waals surface area contributed by atoms with Crippen LogP contribution in [-0.4, -0.2) is 30.8 Å². The fraction of sp³-hybridized carbons (Fsp3) is 0.529. The molecular formula is C17H25ClN2O3S. The molecule has 134 valence electrons. The van der Waals surface area contributed by atoms with Crippen molar-refractivity contribution >= 4 is 41.7 Å². The van der Waals surface area contributed by atoms with E-state index in [9.17, 15) is 9.59 Å². The van der Waals surface area contributed by atoms with E-state index >= 15 is 0 Å². The molecule has 3 N–H and O–H groups in total. The smallest absolute Gasteiger partial charge is 0.315 e. The lowest BCUT2D eigenvalue weighted by atomic mass is 10.00.